The van der Waals surface area contributed by atoms with E-state index in [0.717, 1.165) is 11.3 Å². The van der Waals surface area contributed by atoms with E-state index in [1.165, 1.54) is 35.3 Å². The van der Waals surface area contributed by atoms with Crippen LogP contribution in [0.5, 0.6) is 5.75 Å². The smallest absolute Gasteiger partial charge is 0.387 e. The summed E-state index contributed by atoms with van der Waals surface area (Å²) in [5.41, 5.74) is 2.57. The monoisotopic (exact) mass is 345 g/mol. The molecule has 0 unspecified atom stereocenters. The zero-order valence-electron chi connectivity index (χ0n) is 13.1. The number of tetrazole rings is 1. The van der Waals surface area contributed by atoms with E-state index in [0.29, 0.717) is 11.3 Å². The van der Waals surface area contributed by atoms with Gasteiger partial charge in [-0.05, 0) is 65.4 Å². The quantitative estimate of drug-likeness (QED) is 0.769. The van der Waals surface area contributed by atoms with Crippen molar-refractivity contribution in [3.63, 3.8) is 0 Å². The lowest BCUT2D eigenvalue weighted by atomic mass is 10.1. The third-order valence-corrected chi connectivity index (χ3v) is 3.39. The molecule has 2 aromatic carbocycles. The normalized spacial score (nSPS) is 10.7. The average molecular weight is 345 g/mol. The van der Waals surface area contributed by atoms with E-state index >= 15 is 0 Å². The highest BCUT2D eigenvalue weighted by molar-refractivity contribution is 6.04. The van der Waals surface area contributed by atoms with E-state index in [1.54, 1.807) is 18.2 Å². The van der Waals surface area contributed by atoms with Crippen molar-refractivity contribution >= 4 is 11.6 Å². The number of aryl methyl sites for hydroxylation is 1. The molecule has 0 aliphatic carbocycles. The Bertz CT molecular complexity index is 867. The Hall–Kier alpha value is -3.36. The number of nitrogens with zero attached hydrogens (tertiary/aromatic N) is 4. The van der Waals surface area contributed by atoms with E-state index < -0.39 is 6.61 Å². The summed E-state index contributed by atoms with van der Waals surface area (Å²) in [4.78, 5) is 12.2. The number of hydrogen-bond donors (Lipinski definition) is 1. The van der Waals surface area contributed by atoms with Crippen LogP contribution in [0.4, 0.5) is 14.5 Å². The van der Waals surface area contributed by atoms with Crippen LogP contribution in [0.25, 0.3) is 5.69 Å². The molecule has 3 rings (SSSR count). The molecule has 25 heavy (non-hydrogen) atoms. The molecule has 0 fully saturated rings. The van der Waals surface area contributed by atoms with Crippen molar-refractivity contribution in [1.82, 2.24) is 20.2 Å². The molecule has 1 N–H and O–H groups in total. The highest BCUT2D eigenvalue weighted by Gasteiger charge is 2.10. The summed E-state index contributed by atoms with van der Waals surface area (Å²) in [6.45, 7) is -1.04. The van der Waals surface area contributed by atoms with Crippen molar-refractivity contribution in [2.75, 3.05) is 5.32 Å². The van der Waals surface area contributed by atoms with Gasteiger partial charge in [-0.25, -0.2) is 4.68 Å². The predicted molar refractivity (Wildman–Crippen MR) is 84.9 cm³/mol. The fraction of sp³-hybridized carbons (Fsp3) is 0.125. The average Bonchev–Trinajstić information content (AvgIpc) is 3.09. The number of rotatable bonds is 5. The number of carbonyl (C=O) groups excluding carboxylic acids is 1. The maximum Gasteiger partial charge on any atom is 0.387 e. The Morgan fingerprint density at radius 2 is 1.96 bits per heavy atom. The Morgan fingerprint density at radius 3 is 2.56 bits per heavy atom. The number of nitrogens with one attached hydrogen (secondary N) is 1. The molecule has 0 bridgehead atoms. The molecular formula is C16H13F2N5O2. The van der Waals surface area contributed by atoms with E-state index in [4.69, 9.17) is 0 Å². The second-order valence-electron chi connectivity index (χ2n) is 5.11. The standard InChI is InChI=1S/C16H13F2N5O2/c1-10-8-12(4-7-14(10)23-9-19-21-22-23)20-15(24)11-2-5-13(6-3-11)25-16(17)18/h2-9,16H,1H3,(H,20,24). The van der Waals surface area contributed by atoms with Crippen LogP contribution < -0.4 is 10.1 Å². The SMILES string of the molecule is Cc1cc(NC(=O)c2ccc(OC(F)F)cc2)ccc1-n1cnnn1. The summed E-state index contributed by atoms with van der Waals surface area (Å²) in [7, 11) is 0. The van der Waals surface area contributed by atoms with Crippen molar-refractivity contribution in [1.29, 1.82) is 0 Å². The molecule has 0 spiro atoms. The number of hydrogen-bond acceptors (Lipinski definition) is 5. The first-order chi connectivity index (χ1) is 12.0. The first-order valence-electron chi connectivity index (χ1n) is 7.23. The second-order valence-corrected chi connectivity index (χ2v) is 5.11. The molecule has 0 aliphatic heterocycles. The molecule has 128 valence electrons. The van der Waals surface area contributed by atoms with Gasteiger partial charge in [-0.1, -0.05) is 0 Å². The van der Waals surface area contributed by atoms with Gasteiger partial charge in [0, 0.05) is 11.3 Å². The summed E-state index contributed by atoms with van der Waals surface area (Å²) in [5, 5.41) is 13.7. The number of anilines is 1. The number of carbonyl (C=O) groups is 1. The van der Waals surface area contributed by atoms with Gasteiger partial charge in [0.05, 0.1) is 5.69 Å². The van der Waals surface area contributed by atoms with Gasteiger partial charge in [0.15, 0.2) is 0 Å². The van der Waals surface area contributed by atoms with Crippen LogP contribution in [0.15, 0.2) is 48.8 Å². The van der Waals surface area contributed by atoms with E-state index in [2.05, 4.69) is 25.6 Å². The van der Waals surface area contributed by atoms with Crippen LogP contribution in [0.2, 0.25) is 0 Å². The van der Waals surface area contributed by atoms with Gasteiger partial charge in [0.1, 0.15) is 12.1 Å². The summed E-state index contributed by atoms with van der Waals surface area (Å²) in [6.07, 6.45) is 1.48. The minimum atomic E-state index is -2.90. The molecule has 0 aliphatic rings. The molecule has 7 nitrogen and oxygen atoms in total. The third-order valence-electron chi connectivity index (χ3n) is 3.39. The van der Waals surface area contributed by atoms with Crippen molar-refractivity contribution in [3.8, 4) is 11.4 Å². The molecule has 1 aromatic heterocycles. The maximum atomic E-state index is 12.2. The maximum absolute atomic E-state index is 12.2. The van der Waals surface area contributed by atoms with Crippen LogP contribution in [0, 0.1) is 6.92 Å². The van der Waals surface area contributed by atoms with E-state index in [-0.39, 0.29) is 11.7 Å². The summed E-state index contributed by atoms with van der Waals surface area (Å²) >= 11 is 0. The highest BCUT2D eigenvalue weighted by Crippen LogP contribution is 2.19. The lowest BCUT2D eigenvalue weighted by Gasteiger charge is -2.10. The minimum absolute atomic E-state index is 0.00631. The van der Waals surface area contributed by atoms with Crippen molar-refractivity contribution in [3.05, 3.63) is 59.9 Å². The summed E-state index contributed by atoms with van der Waals surface area (Å²) in [5.74, 6) is -0.369. The molecule has 0 saturated heterocycles. The first kappa shape index (κ1) is 16.5. The van der Waals surface area contributed by atoms with Gasteiger partial charge in [-0.15, -0.1) is 5.10 Å². The van der Waals surface area contributed by atoms with Gasteiger partial charge in [0.25, 0.3) is 5.91 Å². The number of aromatic nitrogens is 4. The van der Waals surface area contributed by atoms with Gasteiger partial charge in [-0.3, -0.25) is 4.79 Å². The Kier molecular flexibility index (Phi) is 4.64. The molecule has 0 radical (unpaired) electrons. The van der Waals surface area contributed by atoms with Crippen molar-refractivity contribution in [2.45, 2.75) is 13.5 Å². The molecule has 9 heteroatoms. The molecule has 1 heterocycles. The second kappa shape index (κ2) is 7.04. The summed E-state index contributed by atoms with van der Waals surface area (Å²) < 4.78 is 30.0. The molecule has 3 aromatic rings. The lowest BCUT2D eigenvalue weighted by Crippen LogP contribution is -2.12. The van der Waals surface area contributed by atoms with Gasteiger partial charge in [-0.2, -0.15) is 8.78 Å². The zero-order chi connectivity index (χ0) is 17.8. The van der Waals surface area contributed by atoms with Crippen LogP contribution in [0.3, 0.4) is 0 Å². The Labute approximate surface area is 141 Å². The minimum Gasteiger partial charge on any atom is -0.435 e. The molecule has 1 amide bonds. The van der Waals surface area contributed by atoms with Crippen LogP contribution in [-0.4, -0.2) is 32.7 Å². The number of benzene rings is 2. The topological polar surface area (TPSA) is 81.9 Å². The lowest BCUT2D eigenvalue weighted by molar-refractivity contribution is -0.0498. The van der Waals surface area contributed by atoms with Crippen LogP contribution >= 0.6 is 0 Å². The Balaban J connectivity index is 1.71. The number of amides is 1. The fourth-order valence-electron chi connectivity index (χ4n) is 2.25. The van der Waals surface area contributed by atoms with Gasteiger partial charge in [0.2, 0.25) is 0 Å². The van der Waals surface area contributed by atoms with Gasteiger partial charge >= 0.3 is 6.61 Å². The largest absolute Gasteiger partial charge is 0.435 e. The Morgan fingerprint density at radius 1 is 1.20 bits per heavy atom. The summed E-state index contributed by atoms with van der Waals surface area (Å²) in [6, 6.07) is 10.7. The molecule has 0 atom stereocenters. The van der Waals surface area contributed by atoms with E-state index in [1.807, 2.05) is 6.92 Å². The van der Waals surface area contributed by atoms with Gasteiger partial charge < -0.3 is 10.1 Å². The number of halogens is 2. The first-order valence-corrected chi connectivity index (χ1v) is 7.23. The fourth-order valence-corrected chi connectivity index (χ4v) is 2.25. The zero-order valence-corrected chi connectivity index (χ0v) is 13.1. The third kappa shape index (κ3) is 3.94. The predicted octanol–water partition coefficient (Wildman–Crippen LogP) is 2.82. The van der Waals surface area contributed by atoms with E-state index in [9.17, 15) is 13.6 Å². The van der Waals surface area contributed by atoms with Crippen molar-refractivity contribution in [2.24, 2.45) is 0 Å². The molecule has 0 saturated carbocycles. The number of alkyl halides is 2. The molecular weight excluding hydrogens is 332 g/mol. The van der Waals surface area contributed by atoms with Crippen molar-refractivity contribution < 1.29 is 18.3 Å². The van der Waals surface area contributed by atoms with Crippen LogP contribution in [0.1, 0.15) is 15.9 Å². The highest BCUT2D eigenvalue weighted by atomic mass is 19.3. The van der Waals surface area contributed by atoms with Crippen LogP contribution in [-0.2, 0) is 0 Å². The number of ether oxygens (including phenoxy) is 1.